The van der Waals surface area contributed by atoms with E-state index in [4.69, 9.17) is 4.74 Å². The Morgan fingerprint density at radius 1 is 1.17 bits per heavy atom. The zero-order chi connectivity index (χ0) is 21.9. The zero-order valence-corrected chi connectivity index (χ0v) is 16.0. The van der Waals surface area contributed by atoms with E-state index < -0.39 is 27.3 Å². The molecule has 0 unspecified atom stereocenters. The molecule has 30 heavy (non-hydrogen) atoms. The molecule has 0 spiro atoms. The van der Waals surface area contributed by atoms with Gasteiger partial charge in [-0.2, -0.15) is 26.7 Å². The van der Waals surface area contributed by atoms with Crippen molar-refractivity contribution in [3.63, 3.8) is 0 Å². The normalized spacial score (nSPS) is 11.9. The van der Waals surface area contributed by atoms with Gasteiger partial charge in [-0.05, 0) is 31.2 Å². The van der Waals surface area contributed by atoms with E-state index in [9.17, 15) is 26.4 Å². The molecule has 0 aromatic carbocycles. The first-order valence-electron chi connectivity index (χ1n) is 8.28. The first-order chi connectivity index (χ1) is 14.1. The highest BCUT2D eigenvalue weighted by Gasteiger charge is 2.48. The molecule has 3 rings (SSSR count). The molecular weight excluding hydrogens is 429 g/mol. The maximum Gasteiger partial charge on any atom is 0.534 e. The van der Waals surface area contributed by atoms with Crippen LogP contribution in [0.1, 0.15) is 17.4 Å². The first kappa shape index (κ1) is 21.2. The molecule has 9 nitrogen and oxygen atoms in total. The number of carbonyl (C=O) groups is 1. The van der Waals surface area contributed by atoms with E-state index >= 15 is 0 Å². The van der Waals surface area contributed by atoms with Crippen LogP contribution in [0.15, 0.2) is 48.8 Å². The van der Waals surface area contributed by atoms with Gasteiger partial charge in [0.1, 0.15) is 0 Å². The highest BCUT2D eigenvalue weighted by atomic mass is 32.2. The van der Waals surface area contributed by atoms with Crippen LogP contribution >= 0.6 is 0 Å². The van der Waals surface area contributed by atoms with Gasteiger partial charge in [0.05, 0.1) is 24.2 Å². The number of nitrogens with zero attached hydrogens (tertiary/aromatic N) is 4. The number of hydrogen-bond acceptors (Lipinski definition) is 8. The number of alkyl halides is 3. The number of aromatic nitrogens is 4. The summed E-state index contributed by atoms with van der Waals surface area (Å²) in [5, 5.41) is 4.15. The molecule has 0 saturated carbocycles. The molecule has 0 saturated heterocycles. The van der Waals surface area contributed by atoms with Crippen LogP contribution in [0.2, 0.25) is 0 Å². The molecule has 0 bridgehead atoms. The molecule has 3 heterocycles. The fraction of sp³-hybridized carbons (Fsp3) is 0.176. The molecule has 158 valence electrons. The summed E-state index contributed by atoms with van der Waals surface area (Å²) in [5.41, 5.74) is -5.18. The summed E-state index contributed by atoms with van der Waals surface area (Å²) in [6, 6.07) is 8.54. The van der Waals surface area contributed by atoms with Crippen LogP contribution in [-0.2, 0) is 14.9 Å². The SMILES string of the molecule is CCOC(=O)c1cc(-c2ccc(OS(=O)(=O)C(F)(F)F)cn2)n(-c2ccccn2)n1. The lowest BCUT2D eigenvalue weighted by atomic mass is 10.2. The van der Waals surface area contributed by atoms with Crippen molar-refractivity contribution in [2.24, 2.45) is 0 Å². The van der Waals surface area contributed by atoms with Crippen molar-refractivity contribution in [3.8, 4) is 23.0 Å². The third kappa shape index (κ3) is 4.40. The van der Waals surface area contributed by atoms with Gasteiger partial charge in [-0.1, -0.05) is 6.07 Å². The van der Waals surface area contributed by atoms with E-state index in [0.717, 1.165) is 12.3 Å². The first-order valence-corrected chi connectivity index (χ1v) is 9.69. The largest absolute Gasteiger partial charge is 0.534 e. The van der Waals surface area contributed by atoms with Crippen LogP contribution in [0.5, 0.6) is 5.75 Å². The Hall–Kier alpha value is -3.48. The fourth-order valence-corrected chi connectivity index (χ4v) is 2.72. The lowest BCUT2D eigenvalue weighted by molar-refractivity contribution is -0.0500. The summed E-state index contributed by atoms with van der Waals surface area (Å²) in [4.78, 5) is 20.1. The molecule has 0 N–H and O–H groups in total. The maximum absolute atomic E-state index is 12.4. The van der Waals surface area contributed by atoms with E-state index in [-0.39, 0.29) is 23.7 Å². The molecule has 0 fully saturated rings. The van der Waals surface area contributed by atoms with Crippen LogP contribution in [0.25, 0.3) is 17.2 Å². The second kappa shape index (κ2) is 8.10. The molecule has 0 aliphatic heterocycles. The predicted molar refractivity (Wildman–Crippen MR) is 96.1 cm³/mol. The van der Waals surface area contributed by atoms with E-state index in [1.807, 2.05) is 0 Å². The number of rotatable bonds is 6. The third-order valence-electron chi connectivity index (χ3n) is 3.55. The van der Waals surface area contributed by atoms with Gasteiger partial charge in [0.2, 0.25) is 0 Å². The molecule has 3 aromatic rings. The molecule has 3 aromatic heterocycles. The van der Waals surface area contributed by atoms with Crippen LogP contribution in [0.3, 0.4) is 0 Å². The minimum Gasteiger partial charge on any atom is -0.461 e. The van der Waals surface area contributed by atoms with Gasteiger partial charge >= 0.3 is 21.6 Å². The molecule has 13 heteroatoms. The van der Waals surface area contributed by atoms with Crippen LogP contribution < -0.4 is 4.18 Å². The summed E-state index contributed by atoms with van der Waals surface area (Å²) in [6.07, 6.45) is 2.30. The van der Waals surface area contributed by atoms with E-state index in [1.54, 1.807) is 25.1 Å². The van der Waals surface area contributed by atoms with Gasteiger partial charge in [-0.3, -0.25) is 4.98 Å². The van der Waals surface area contributed by atoms with E-state index in [2.05, 4.69) is 19.2 Å². The van der Waals surface area contributed by atoms with Gasteiger partial charge < -0.3 is 8.92 Å². The number of hydrogen-bond donors (Lipinski definition) is 0. The van der Waals surface area contributed by atoms with E-state index in [1.165, 1.54) is 23.0 Å². The molecular formula is C17H13F3N4O5S. The summed E-state index contributed by atoms with van der Waals surface area (Å²) in [6.45, 7) is 1.76. The van der Waals surface area contributed by atoms with Gasteiger partial charge in [-0.15, -0.1) is 0 Å². The fourth-order valence-electron chi connectivity index (χ4n) is 2.28. The maximum atomic E-state index is 12.4. The summed E-state index contributed by atoms with van der Waals surface area (Å²) in [5.74, 6) is -0.986. The quantitative estimate of drug-likeness (QED) is 0.325. The Balaban J connectivity index is 1.99. The average Bonchev–Trinajstić information content (AvgIpc) is 3.14. The van der Waals surface area contributed by atoms with Crippen molar-refractivity contribution in [1.82, 2.24) is 19.7 Å². The van der Waals surface area contributed by atoms with Gasteiger partial charge in [-0.25, -0.2) is 14.5 Å². The average molecular weight is 442 g/mol. The van der Waals surface area contributed by atoms with Crippen LogP contribution in [-0.4, -0.2) is 46.3 Å². The van der Waals surface area contributed by atoms with Crippen molar-refractivity contribution >= 4 is 16.1 Å². The molecule has 0 aliphatic rings. The second-order valence-electron chi connectivity index (χ2n) is 5.60. The molecule has 0 aliphatic carbocycles. The summed E-state index contributed by atoms with van der Waals surface area (Å²) in [7, 11) is -5.82. The summed E-state index contributed by atoms with van der Waals surface area (Å²) < 4.78 is 69.8. The number of esters is 1. The Kier molecular flexibility index (Phi) is 5.73. The second-order valence-corrected chi connectivity index (χ2v) is 7.14. The minimum atomic E-state index is -5.82. The topological polar surface area (TPSA) is 113 Å². The molecule has 0 amide bonds. The Morgan fingerprint density at radius 3 is 2.50 bits per heavy atom. The highest BCUT2D eigenvalue weighted by Crippen LogP contribution is 2.28. The number of pyridine rings is 2. The van der Waals surface area contributed by atoms with Crippen molar-refractivity contribution in [1.29, 1.82) is 0 Å². The van der Waals surface area contributed by atoms with Crippen LogP contribution in [0.4, 0.5) is 13.2 Å². The van der Waals surface area contributed by atoms with Crippen molar-refractivity contribution < 1.29 is 35.3 Å². The minimum absolute atomic E-state index is 0.0423. The van der Waals surface area contributed by atoms with Crippen molar-refractivity contribution in [2.75, 3.05) is 6.61 Å². The third-order valence-corrected chi connectivity index (χ3v) is 4.53. The predicted octanol–water partition coefficient (Wildman–Crippen LogP) is 2.73. The number of carbonyl (C=O) groups excluding carboxylic acids is 1. The standard InChI is InChI=1S/C17H13F3N4O5S/c1-2-28-16(25)13-9-14(24(23-13)15-5-3-4-8-21-15)12-7-6-11(10-22-12)29-30(26,27)17(18,19)20/h3-10H,2H2,1H3. The molecule has 0 atom stereocenters. The number of halogens is 3. The van der Waals surface area contributed by atoms with Crippen LogP contribution in [0, 0.1) is 0 Å². The van der Waals surface area contributed by atoms with Gasteiger partial charge in [0.25, 0.3) is 0 Å². The Morgan fingerprint density at radius 2 is 1.93 bits per heavy atom. The zero-order valence-electron chi connectivity index (χ0n) is 15.2. The molecule has 0 radical (unpaired) electrons. The number of ether oxygens (including phenoxy) is 1. The lowest BCUT2D eigenvalue weighted by Crippen LogP contribution is -2.28. The smallest absolute Gasteiger partial charge is 0.461 e. The lowest BCUT2D eigenvalue weighted by Gasteiger charge is -2.10. The van der Waals surface area contributed by atoms with E-state index in [0.29, 0.717) is 5.82 Å². The summed E-state index contributed by atoms with van der Waals surface area (Å²) >= 11 is 0. The Labute approximate surface area is 168 Å². The van der Waals surface area contributed by atoms with Crippen molar-refractivity contribution in [2.45, 2.75) is 12.4 Å². The van der Waals surface area contributed by atoms with Gasteiger partial charge in [0, 0.05) is 12.3 Å². The van der Waals surface area contributed by atoms with Crippen molar-refractivity contribution in [3.05, 3.63) is 54.5 Å². The monoisotopic (exact) mass is 442 g/mol. The Bertz CT molecular complexity index is 1150. The van der Waals surface area contributed by atoms with Gasteiger partial charge in [0.15, 0.2) is 17.3 Å². The highest BCUT2D eigenvalue weighted by molar-refractivity contribution is 7.88.